The number of ether oxygens (including phenoxy) is 1. The van der Waals surface area contributed by atoms with Crippen molar-refractivity contribution >= 4 is 17.5 Å². The average molecular weight is 408 g/mol. The monoisotopic (exact) mass is 407 g/mol. The Labute approximate surface area is 177 Å². The smallest absolute Gasteiger partial charge is 0.254 e. The third-order valence-electron chi connectivity index (χ3n) is 6.03. The minimum atomic E-state index is -0.195. The molecule has 2 heterocycles. The minimum Gasteiger partial charge on any atom is -0.497 e. The zero-order valence-electron chi connectivity index (χ0n) is 17.5. The van der Waals surface area contributed by atoms with Crippen LogP contribution in [0.2, 0.25) is 0 Å². The summed E-state index contributed by atoms with van der Waals surface area (Å²) in [5.74, 6) is 0.395. The molecule has 0 aromatic heterocycles. The third-order valence-corrected chi connectivity index (χ3v) is 6.03. The number of rotatable bonds is 6. The number of amides is 2. The Balaban J connectivity index is 1.38. The van der Waals surface area contributed by atoms with E-state index < -0.39 is 0 Å². The van der Waals surface area contributed by atoms with Crippen LogP contribution in [-0.2, 0) is 11.3 Å². The Kier molecular flexibility index (Phi) is 6.33. The van der Waals surface area contributed by atoms with Gasteiger partial charge in [-0.2, -0.15) is 0 Å². The highest BCUT2D eigenvalue weighted by Gasteiger charge is 2.32. The minimum absolute atomic E-state index is 0.00943. The van der Waals surface area contributed by atoms with Gasteiger partial charge in [-0.15, -0.1) is 0 Å². The van der Waals surface area contributed by atoms with Crippen LogP contribution in [0.25, 0.3) is 0 Å². The van der Waals surface area contributed by atoms with Gasteiger partial charge in [0, 0.05) is 30.9 Å². The summed E-state index contributed by atoms with van der Waals surface area (Å²) in [4.78, 5) is 29.9. The van der Waals surface area contributed by atoms with Gasteiger partial charge in [0.2, 0.25) is 5.91 Å². The van der Waals surface area contributed by atoms with Crippen LogP contribution in [0, 0.1) is 5.92 Å². The lowest BCUT2D eigenvalue weighted by Crippen LogP contribution is -2.31. The second kappa shape index (κ2) is 9.30. The summed E-state index contributed by atoms with van der Waals surface area (Å²) in [6, 6.07) is 15.2. The summed E-state index contributed by atoms with van der Waals surface area (Å²) >= 11 is 0. The third kappa shape index (κ3) is 4.65. The molecule has 2 amide bonds. The molecule has 0 spiro atoms. The van der Waals surface area contributed by atoms with Crippen LogP contribution in [0.1, 0.15) is 35.2 Å². The van der Waals surface area contributed by atoms with E-state index >= 15 is 0 Å². The van der Waals surface area contributed by atoms with E-state index in [9.17, 15) is 9.59 Å². The molecule has 0 aliphatic carbocycles. The van der Waals surface area contributed by atoms with Gasteiger partial charge in [-0.1, -0.05) is 24.3 Å². The summed E-state index contributed by atoms with van der Waals surface area (Å²) < 4.78 is 5.21. The van der Waals surface area contributed by atoms with Crippen molar-refractivity contribution in [2.75, 3.05) is 38.6 Å². The summed E-state index contributed by atoms with van der Waals surface area (Å²) in [6.45, 7) is 4.12. The SMILES string of the molecule is COc1cccc(C(=O)N2CCC(C(=O)Nc3ccccc3CN3CCCC3)C2)c1. The van der Waals surface area contributed by atoms with Crippen molar-refractivity contribution in [1.82, 2.24) is 9.80 Å². The molecule has 0 radical (unpaired) electrons. The fraction of sp³-hybridized carbons (Fsp3) is 0.417. The molecule has 4 rings (SSSR count). The molecule has 1 atom stereocenters. The van der Waals surface area contributed by atoms with E-state index in [1.54, 1.807) is 24.1 Å². The van der Waals surface area contributed by atoms with Crippen LogP contribution in [0.4, 0.5) is 5.69 Å². The molecule has 2 fully saturated rings. The molecular formula is C24H29N3O3. The molecule has 2 aliphatic heterocycles. The highest BCUT2D eigenvalue weighted by atomic mass is 16.5. The van der Waals surface area contributed by atoms with Crippen molar-refractivity contribution in [3.05, 3.63) is 59.7 Å². The van der Waals surface area contributed by atoms with Crippen molar-refractivity contribution in [1.29, 1.82) is 0 Å². The molecule has 2 aromatic rings. The van der Waals surface area contributed by atoms with Crippen LogP contribution >= 0.6 is 0 Å². The van der Waals surface area contributed by atoms with Crippen LogP contribution in [0.5, 0.6) is 5.75 Å². The fourth-order valence-electron chi connectivity index (χ4n) is 4.29. The van der Waals surface area contributed by atoms with E-state index in [2.05, 4.69) is 16.3 Å². The maximum absolute atomic E-state index is 12.9. The Morgan fingerprint density at radius 1 is 1.07 bits per heavy atom. The van der Waals surface area contributed by atoms with Crippen molar-refractivity contribution in [2.45, 2.75) is 25.8 Å². The lowest BCUT2D eigenvalue weighted by molar-refractivity contribution is -0.119. The van der Waals surface area contributed by atoms with Crippen molar-refractivity contribution in [3.8, 4) is 5.75 Å². The van der Waals surface area contributed by atoms with Gasteiger partial charge in [0.1, 0.15) is 5.75 Å². The number of carbonyl (C=O) groups excluding carboxylic acids is 2. The fourth-order valence-corrected chi connectivity index (χ4v) is 4.29. The molecule has 0 saturated carbocycles. The average Bonchev–Trinajstić information content (AvgIpc) is 3.47. The number of nitrogens with one attached hydrogen (secondary N) is 1. The number of hydrogen-bond donors (Lipinski definition) is 1. The van der Waals surface area contributed by atoms with E-state index in [-0.39, 0.29) is 17.7 Å². The van der Waals surface area contributed by atoms with E-state index in [0.717, 1.165) is 30.9 Å². The second-order valence-electron chi connectivity index (χ2n) is 8.10. The van der Waals surface area contributed by atoms with Gasteiger partial charge < -0.3 is 15.0 Å². The molecule has 0 bridgehead atoms. The lowest BCUT2D eigenvalue weighted by Gasteiger charge is -2.19. The molecule has 6 nitrogen and oxygen atoms in total. The first-order chi connectivity index (χ1) is 14.6. The van der Waals surface area contributed by atoms with Gasteiger partial charge in [0.15, 0.2) is 0 Å². The molecule has 158 valence electrons. The number of benzene rings is 2. The van der Waals surface area contributed by atoms with Gasteiger partial charge in [-0.05, 0) is 62.2 Å². The van der Waals surface area contributed by atoms with E-state index in [4.69, 9.17) is 4.74 Å². The number of methoxy groups -OCH3 is 1. The largest absolute Gasteiger partial charge is 0.497 e. The first kappa shape index (κ1) is 20.4. The first-order valence-corrected chi connectivity index (χ1v) is 10.7. The quantitative estimate of drug-likeness (QED) is 0.797. The number of anilines is 1. The molecule has 1 unspecified atom stereocenters. The van der Waals surface area contributed by atoms with Crippen molar-refractivity contribution < 1.29 is 14.3 Å². The summed E-state index contributed by atoms with van der Waals surface area (Å²) in [6.07, 6.45) is 3.16. The number of para-hydroxylation sites is 1. The van der Waals surface area contributed by atoms with Gasteiger partial charge in [-0.3, -0.25) is 14.5 Å². The Bertz CT molecular complexity index is 908. The number of nitrogens with zero attached hydrogens (tertiary/aromatic N) is 2. The molecule has 2 aromatic carbocycles. The molecule has 6 heteroatoms. The molecule has 1 N–H and O–H groups in total. The van der Waals surface area contributed by atoms with Crippen LogP contribution in [0.15, 0.2) is 48.5 Å². The zero-order valence-corrected chi connectivity index (χ0v) is 17.5. The lowest BCUT2D eigenvalue weighted by atomic mass is 10.1. The maximum atomic E-state index is 12.9. The number of carbonyl (C=O) groups is 2. The normalized spacial score (nSPS) is 19.1. The molecule has 2 saturated heterocycles. The maximum Gasteiger partial charge on any atom is 0.254 e. The van der Waals surface area contributed by atoms with E-state index in [1.807, 2.05) is 30.3 Å². The summed E-state index contributed by atoms with van der Waals surface area (Å²) in [7, 11) is 1.58. The summed E-state index contributed by atoms with van der Waals surface area (Å²) in [5, 5.41) is 3.12. The second-order valence-corrected chi connectivity index (χ2v) is 8.10. The Morgan fingerprint density at radius 2 is 1.87 bits per heavy atom. The molecule has 2 aliphatic rings. The number of likely N-dealkylation sites (tertiary alicyclic amines) is 2. The van der Waals surface area contributed by atoms with Gasteiger partial charge in [0.05, 0.1) is 13.0 Å². The van der Waals surface area contributed by atoms with E-state index in [0.29, 0.717) is 30.8 Å². The standard InChI is InChI=1S/C24H29N3O3/c1-30-21-9-6-8-18(15-21)24(29)27-14-11-20(17-27)23(28)25-22-10-3-2-7-19(22)16-26-12-4-5-13-26/h2-3,6-10,15,20H,4-5,11-14,16-17H2,1H3,(H,25,28). The first-order valence-electron chi connectivity index (χ1n) is 10.7. The van der Waals surface area contributed by atoms with Gasteiger partial charge in [-0.25, -0.2) is 0 Å². The predicted octanol–water partition coefficient (Wildman–Crippen LogP) is 3.39. The van der Waals surface area contributed by atoms with Gasteiger partial charge in [0.25, 0.3) is 5.91 Å². The van der Waals surface area contributed by atoms with E-state index in [1.165, 1.54) is 12.8 Å². The predicted molar refractivity (Wildman–Crippen MR) is 117 cm³/mol. The van der Waals surface area contributed by atoms with Crippen LogP contribution < -0.4 is 10.1 Å². The van der Waals surface area contributed by atoms with Crippen LogP contribution in [0.3, 0.4) is 0 Å². The van der Waals surface area contributed by atoms with Gasteiger partial charge >= 0.3 is 0 Å². The highest BCUT2D eigenvalue weighted by Crippen LogP contribution is 2.24. The topological polar surface area (TPSA) is 61.9 Å². The molecular weight excluding hydrogens is 378 g/mol. The summed E-state index contributed by atoms with van der Waals surface area (Å²) in [5.41, 5.74) is 2.62. The Morgan fingerprint density at radius 3 is 2.67 bits per heavy atom. The Hall–Kier alpha value is -2.86. The van der Waals surface area contributed by atoms with Crippen LogP contribution in [-0.4, -0.2) is 54.9 Å². The van der Waals surface area contributed by atoms with Crippen molar-refractivity contribution in [3.63, 3.8) is 0 Å². The number of hydrogen-bond acceptors (Lipinski definition) is 4. The molecule has 30 heavy (non-hydrogen) atoms. The van der Waals surface area contributed by atoms with Crippen molar-refractivity contribution in [2.24, 2.45) is 5.92 Å². The highest BCUT2D eigenvalue weighted by molar-refractivity contribution is 5.97. The zero-order chi connectivity index (χ0) is 20.9.